The van der Waals surface area contributed by atoms with Crippen molar-refractivity contribution in [3.63, 3.8) is 0 Å². The van der Waals surface area contributed by atoms with Gasteiger partial charge < -0.3 is 19.6 Å². The highest BCUT2D eigenvalue weighted by Crippen LogP contribution is 2.46. The maximum absolute atomic E-state index is 12.5. The van der Waals surface area contributed by atoms with Gasteiger partial charge in [0.1, 0.15) is 22.8 Å². The minimum absolute atomic E-state index is 0.000875. The molecule has 8 nitrogen and oxygen atoms in total. The van der Waals surface area contributed by atoms with Crippen LogP contribution < -0.4 is 9.64 Å². The summed E-state index contributed by atoms with van der Waals surface area (Å²) in [7, 11) is 0. The van der Waals surface area contributed by atoms with Gasteiger partial charge in [0, 0.05) is 50.3 Å². The van der Waals surface area contributed by atoms with Crippen LogP contribution in [0.2, 0.25) is 5.15 Å². The minimum atomic E-state index is -0.133. The van der Waals surface area contributed by atoms with Gasteiger partial charge in [-0.2, -0.15) is 5.26 Å². The number of hydrogen-bond donors (Lipinski definition) is 1. The molecule has 0 spiro atoms. The van der Waals surface area contributed by atoms with Crippen molar-refractivity contribution in [1.29, 1.82) is 5.26 Å². The molecule has 2 aliphatic carbocycles. The molecule has 2 saturated carbocycles. The fourth-order valence-electron chi connectivity index (χ4n) is 4.56. The van der Waals surface area contributed by atoms with Gasteiger partial charge in [-0.3, -0.25) is 4.79 Å². The predicted molar refractivity (Wildman–Crippen MR) is 122 cm³/mol. The number of aliphatic hydroxyl groups is 1. The Bertz CT molecular complexity index is 1100. The summed E-state index contributed by atoms with van der Waals surface area (Å²) in [6.07, 6.45) is 6.03. The Kier molecular flexibility index (Phi) is 6.09. The van der Waals surface area contributed by atoms with Gasteiger partial charge in [0.25, 0.3) is 0 Å². The number of carbonyl (C=O) groups is 1. The Balaban J connectivity index is 1.44. The van der Waals surface area contributed by atoms with Crippen LogP contribution >= 0.6 is 11.6 Å². The van der Waals surface area contributed by atoms with Crippen LogP contribution in [0.25, 0.3) is 0 Å². The third-order valence-electron chi connectivity index (χ3n) is 6.54. The van der Waals surface area contributed by atoms with Gasteiger partial charge in [-0.25, -0.2) is 9.97 Å². The van der Waals surface area contributed by atoms with E-state index in [4.69, 9.17) is 21.3 Å². The Hall–Kier alpha value is -2.89. The average Bonchev–Trinajstić information content (AvgIpc) is 3.71. The molecule has 1 N–H and O–H groups in total. The summed E-state index contributed by atoms with van der Waals surface area (Å²) >= 11 is 6.00. The van der Waals surface area contributed by atoms with Crippen LogP contribution in [-0.4, -0.2) is 58.2 Å². The molecule has 9 heteroatoms. The van der Waals surface area contributed by atoms with E-state index >= 15 is 0 Å². The molecular weight excluding hydrogens is 442 g/mol. The van der Waals surface area contributed by atoms with Gasteiger partial charge >= 0.3 is 0 Å². The summed E-state index contributed by atoms with van der Waals surface area (Å²) in [5, 5.41) is 19.5. The van der Waals surface area contributed by atoms with Gasteiger partial charge in [-0.1, -0.05) is 11.6 Å². The van der Waals surface area contributed by atoms with Crippen LogP contribution in [0.15, 0.2) is 24.4 Å². The Morgan fingerprint density at radius 1 is 1.27 bits per heavy atom. The zero-order chi connectivity index (χ0) is 22.9. The number of carbonyl (C=O) groups excluding carboxylic acids is 1. The maximum atomic E-state index is 12.5. The quantitative estimate of drug-likeness (QED) is 0.622. The number of nitriles is 1. The Morgan fingerprint density at radius 2 is 2.09 bits per heavy atom. The van der Waals surface area contributed by atoms with E-state index in [1.54, 1.807) is 24.4 Å². The van der Waals surface area contributed by atoms with Crippen LogP contribution in [0, 0.1) is 17.2 Å². The number of hydrogen-bond acceptors (Lipinski definition) is 7. The third kappa shape index (κ3) is 4.75. The van der Waals surface area contributed by atoms with E-state index in [-0.39, 0.29) is 25.0 Å². The Morgan fingerprint density at radius 3 is 2.76 bits per heavy atom. The first-order valence-electron chi connectivity index (χ1n) is 11.5. The second-order valence-corrected chi connectivity index (χ2v) is 9.34. The van der Waals surface area contributed by atoms with Gasteiger partial charge in [-0.05, 0) is 37.7 Å². The topological polar surface area (TPSA) is 103 Å². The lowest BCUT2D eigenvalue weighted by molar-refractivity contribution is -0.135. The van der Waals surface area contributed by atoms with Crippen molar-refractivity contribution in [3.05, 3.63) is 40.8 Å². The van der Waals surface area contributed by atoms with Crippen molar-refractivity contribution < 1.29 is 14.6 Å². The molecule has 0 bridgehead atoms. The first-order valence-corrected chi connectivity index (χ1v) is 11.8. The second-order valence-electron chi connectivity index (χ2n) is 8.96. The highest BCUT2D eigenvalue weighted by molar-refractivity contribution is 6.29. The van der Waals surface area contributed by atoms with Crippen molar-refractivity contribution in [3.8, 4) is 17.6 Å². The minimum Gasteiger partial charge on any atom is -0.455 e. The number of nitrogens with zero attached hydrogens (tertiary/aromatic N) is 5. The summed E-state index contributed by atoms with van der Waals surface area (Å²) in [5.74, 6) is 2.59. The molecule has 1 unspecified atom stereocenters. The van der Waals surface area contributed by atoms with Crippen molar-refractivity contribution >= 4 is 23.3 Å². The van der Waals surface area contributed by atoms with Gasteiger partial charge in [0.05, 0.1) is 23.9 Å². The normalized spacial score (nSPS) is 20.5. The number of aliphatic hydroxyl groups excluding tert-OH is 1. The SMILES string of the molecule is N#Cc1cc(Oc2ccnc(Cl)c2)c(C2CC2)nc1N1CCN(C(=O)CCO)C(C2CC2)C1. The molecule has 0 aromatic carbocycles. The molecule has 2 aromatic rings. The van der Waals surface area contributed by atoms with Crippen molar-refractivity contribution in [1.82, 2.24) is 14.9 Å². The Labute approximate surface area is 197 Å². The lowest BCUT2D eigenvalue weighted by Gasteiger charge is -2.42. The summed E-state index contributed by atoms with van der Waals surface area (Å²) in [5.41, 5.74) is 1.32. The van der Waals surface area contributed by atoms with Crippen molar-refractivity contribution in [2.75, 3.05) is 31.1 Å². The zero-order valence-electron chi connectivity index (χ0n) is 18.3. The number of aromatic nitrogens is 2. The van der Waals surface area contributed by atoms with Crippen LogP contribution in [0.4, 0.5) is 5.82 Å². The average molecular weight is 468 g/mol. The molecule has 3 aliphatic rings. The monoisotopic (exact) mass is 467 g/mol. The predicted octanol–water partition coefficient (Wildman–Crippen LogP) is 3.48. The smallest absolute Gasteiger partial charge is 0.225 e. The third-order valence-corrected chi connectivity index (χ3v) is 6.74. The fourth-order valence-corrected chi connectivity index (χ4v) is 4.73. The van der Waals surface area contributed by atoms with E-state index in [0.717, 1.165) is 31.4 Å². The highest BCUT2D eigenvalue weighted by Gasteiger charge is 2.41. The molecule has 172 valence electrons. The molecule has 1 saturated heterocycles. The van der Waals surface area contributed by atoms with Crippen LogP contribution in [0.3, 0.4) is 0 Å². The molecule has 2 aromatic heterocycles. The number of halogens is 1. The molecule has 3 fully saturated rings. The number of ether oxygens (including phenoxy) is 1. The van der Waals surface area contributed by atoms with Crippen molar-refractivity contribution in [2.24, 2.45) is 5.92 Å². The maximum Gasteiger partial charge on any atom is 0.225 e. The second kappa shape index (κ2) is 9.16. The fraction of sp³-hybridized carbons (Fsp3) is 0.500. The van der Waals surface area contributed by atoms with Crippen LogP contribution in [-0.2, 0) is 4.79 Å². The summed E-state index contributed by atoms with van der Waals surface area (Å²) in [6, 6.07) is 7.53. The number of pyridine rings is 2. The summed E-state index contributed by atoms with van der Waals surface area (Å²) in [4.78, 5) is 25.6. The van der Waals surface area contributed by atoms with E-state index in [1.807, 2.05) is 4.90 Å². The molecule has 1 atom stereocenters. The van der Waals surface area contributed by atoms with Crippen molar-refractivity contribution in [2.45, 2.75) is 44.1 Å². The standard InChI is InChI=1S/C24H26ClN5O3/c25-21-12-18(5-7-27-21)33-20-11-17(13-26)24(28-23(20)16-3-4-16)29-8-9-30(22(32)6-10-31)19(14-29)15-1-2-15/h5,7,11-12,15-16,19,31H,1-4,6,8-10,14H2. The molecular formula is C24H26ClN5O3. The van der Waals surface area contributed by atoms with E-state index < -0.39 is 0 Å². The van der Waals surface area contributed by atoms with E-state index in [2.05, 4.69) is 16.0 Å². The molecule has 3 heterocycles. The summed E-state index contributed by atoms with van der Waals surface area (Å²) < 4.78 is 6.09. The number of amides is 1. The van der Waals surface area contributed by atoms with Crippen LogP contribution in [0.1, 0.15) is 49.3 Å². The zero-order valence-corrected chi connectivity index (χ0v) is 19.0. The molecule has 33 heavy (non-hydrogen) atoms. The van der Waals surface area contributed by atoms with Gasteiger partial charge in [0.2, 0.25) is 5.91 Å². The number of rotatable bonds is 7. The lowest BCUT2D eigenvalue weighted by Crippen LogP contribution is -2.56. The number of anilines is 1. The molecule has 0 radical (unpaired) electrons. The lowest BCUT2D eigenvalue weighted by atomic mass is 10.0. The molecule has 1 amide bonds. The first-order chi connectivity index (χ1) is 16.1. The van der Waals surface area contributed by atoms with Gasteiger partial charge in [-0.15, -0.1) is 0 Å². The number of piperazine rings is 1. The van der Waals surface area contributed by atoms with Crippen LogP contribution in [0.5, 0.6) is 11.5 Å². The van der Waals surface area contributed by atoms with Gasteiger partial charge in [0.15, 0.2) is 5.75 Å². The molecule has 5 rings (SSSR count). The first kappa shape index (κ1) is 21.9. The molecule has 1 aliphatic heterocycles. The van der Waals surface area contributed by atoms with E-state index in [1.165, 1.54) is 0 Å². The van der Waals surface area contributed by atoms with E-state index in [0.29, 0.717) is 59.5 Å². The van der Waals surface area contributed by atoms with E-state index in [9.17, 15) is 15.2 Å². The largest absolute Gasteiger partial charge is 0.455 e. The summed E-state index contributed by atoms with van der Waals surface area (Å²) in [6.45, 7) is 1.69. The highest BCUT2D eigenvalue weighted by atomic mass is 35.5.